The van der Waals surface area contributed by atoms with E-state index in [1.807, 2.05) is 13.8 Å². The van der Waals surface area contributed by atoms with E-state index in [2.05, 4.69) is 4.98 Å². The average Bonchev–Trinajstić information content (AvgIpc) is 2.27. The maximum absolute atomic E-state index is 13.5. The molecular formula is C13H15FN2O. The Kier molecular flexibility index (Phi) is 2.98. The summed E-state index contributed by atoms with van der Waals surface area (Å²) in [6.45, 7) is 3.68. The number of methoxy groups -OCH3 is 1. The van der Waals surface area contributed by atoms with Gasteiger partial charge in [-0.25, -0.2) is 4.39 Å². The zero-order valence-corrected chi connectivity index (χ0v) is 10.1. The van der Waals surface area contributed by atoms with E-state index in [0.717, 1.165) is 5.69 Å². The van der Waals surface area contributed by atoms with Crippen LogP contribution < -0.4 is 10.5 Å². The molecular weight excluding hydrogens is 219 g/mol. The van der Waals surface area contributed by atoms with Gasteiger partial charge < -0.3 is 10.5 Å². The van der Waals surface area contributed by atoms with Gasteiger partial charge in [-0.1, -0.05) is 0 Å². The highest BCUT2D eigenvalue weighted by molar-refractivity contribution is 5.88. The van der Waals surface area contributed by atoms with Crippen LogP contribution >= 0.6 is 0 Å². The fraction of sp³-hybridized carbons (Fsp3) is 0.308. The molecule has 0 saturated carbocycles. The van der Waals surface area contributed by atoms with Gasteiger partial charge in [0.2, 0.25) is 0 Å². The fourth-order valence-corrected chi connectivity index (χ4v) is 1.93. The van der Waals surface area contributed by atoms with Crippen molar-refractivity contribution in [2.75, 3.05) is 7.11 Å². The number of hydrogen-bond donors (Lipinski definition) is 1. The van der Waals surface area contributed by atoms with Gasteiger partial charge in [0.05, 0.1) is 12.6 Å². The summed E-state index contributed by atoms with van der Waals surface area (Å²) in [5.41, 5.74) is 8.07. The van der Waals surface area contributed by atoms with Crippen molar-refractivity contribution in [3.8, 4) is 5.75 Å². The number of nitrogens with zero attached hydrogens (tertiary/aromatic N) is 1. The first-order valence-electron chi connectivity index (χ1n) is 5.43. The Hall–Kier alpha value is -1.68. The number of aryl methyl sites for hydroxylation is 1. The van der Waals surface area contributed by atoms with Crippen LogP contribution in [0.15, 0.2) is 18.2 Å². The number of hydrogen-bond acceptors (Lipinski definition) is 3. The number of pyridine rings is 1. The van der Waals surface area contributed by atoms with Gasteiger partial charge >= 0.3 is 0 Å². The molecule has 0 amide bonds. The van der Waals surface area contributed by atoms with E-state index in [1.165, 1.54) is 12.1 Å². The summed E-state index contributed by atoms with van der Waals surface area (Å²) in [5.74, 6) is 0.294. The Morgan fingerprint density at radius 2 is 2.06 bits per heavy atom. The molecule has 0 radical (unpaired) electrons. The molecule has 1 aromatic heterocycles. The quantitative estimate of drug-likeness (QED) is 0.869. The van der Waals surface area contributed by atoms with E-state index in [0.29, 0.717) is 22.2 Å². The Labute approximate surface area is 99.4 Å². The van der Waals surface area contributed by atoms with Gasteiger partial charge in [-0.05, 0) is 31.5 Å². The average molecular weight is 234 g/mol. The van der Waals surface area contributed by atoms with E-state index in [1.54, 1.807) is 13.2 Å². The van der Waals surface area contributed by atoms with E-state index < -0.39 is 0 Å². The van der Waals surface area contributed by atoms with Crippen molar-refractivity contribution < 1.29 is 9.13 Å². The summed E-state index contributed by atoms with van der Waals surface area (Å²) in [7, 11) is 1.56. The minimum Gasteiger partial charge on any atom is -0.496 e. The van der Waals surface area contributed by atoms with Crippen molar-refractivity contribution in [1.82, 2.24) is 4.98 Å². The molecule has 0 saturated heterocycles. The molecule has 1 atom stereocenters. The lowest BCUT2D eigenvalue weighted by Crippen LogP contribution is -2.07. The minimum absolute atomic E-state index is 0.271. The number of aromatic nitrogens is 1. The second kappa shape index (κ2) is 4.30. The lowest BCUT2D eigenvalue weighted by molar-refractivity contribution is 0.419. The van der Waals surface area contributed by atoms with Gasteiger partial charge in [-0.3, -0.25) is 4.98 Å². The first-order chi connectivity index (χ1) is 8.02. The van der Waals surface area contributed by atoms with Crippen molar-refractivity contribution >= 4 is 10.9 Å². The first kappa shape index (κ1) is 11.8. The predicted octanol–water partition coefficient (Wildman–Crippen LogP) is 2.71. The fourth-order valence-electron chi connectivity index (χ4n) is 1.93. The summed E-state index contributed by atoms with van der Waals surface area (Å²) in [4.78, 5) is 4.42. The molecule has 0 bridgehead atoms. The maximum atomic E-state index is 13.5. The second-order valence-corrected chi connectivity index (χ2v) is 4.15. The molecule has 1 unspecified atom stereocenters. The normalized spacial score (nSPS) is 12.8. The first-order valence-corrected chi connectivity index (χ1v) is 5.43. The van der Waals surface area contributed by atoms with Crippen molar-refractivity contribution in [3.05, 3.63) is 35.3 Å². The number of fused-ring (bicyclic) bond motifs is 1. The van der Waals surface area contributed by atoms with Gasteiger partial charge in [0.1, 0.15) is 11.6 Å². The minimum atomic E-state index is -0.325. The van der Waals surface area contributed by atoms with Crippen LogP contribution in [0.1, 0.15) is 24.2 Å². The molecule has 4 heteroatoms. The van der Waals surface area contributed by atoms with Crippen LogP contribution in [0, 0.1) is 12.7 Å². The third-order valence-corrected chi connectivity index (χ3v) is 2.71. The lowest BCUT2D eigenvalue weighted by atomic mass is 10.0. The maximum Gasteiger partial charge on any atom is 0.130 e. The molecule has 2 N–H and O–H groups in total. The summed E-state index contributed by atoms with van der Waals surface area (Å²) in [6, 6.07) is 4.37. The smallest absolute Gasteiger partial charge is 0.130 e. The Bertz CT molecular complexity index is 567. The Morgan fingerprint density at radius 1 is 1.35 bits per heavy atom. The predicted molar refractivity (Wildman–Crippen MR) is 65.6 cm³/mol. The molecule has 1 aromatic carbocycles. The molecule has 2 rings (SSSR count). The molecule has 2 aromatic rings. The molecule has 3 nitrogen and oxygen atoms in total. The molecule has 17 heavy (non-hydrogen) atoms. The van der Waals surface area contributed by atoms with Crippen LogP contribution in [0.2, 0.25) is 0 Å². The molecule has 0 aliphatic carbocycles. The van der Waals surface area contributed by atoms with Crippen LogP contribution in [0.5, 0.6) is 5.75 Å². The lowest BCUT2D eigenvalue weighted by Gasteiger charge is -2.13. The number of ether oxygens (including phenoxy) is 1. The van der Waals surface area contributed by atoms with Gasteiger partial charge in [-0.2, -0.15) is 0 Å². The van der Waals surface area contributed by atoms with Crippen LogP contribution in [0.4, 0.5) is 4.39 Å². The SMILES string of the molecule is COc1cc(C)nc2c(C(C)N)cc(F)cc12. The van der Waals surface area contributed by atoms with E-state index in [-0.39, 0.29) is 11.9 Å². The van der Waals surface area contributed by atoms with Crippen LogP contribution in [0.25, 0.3) is 10.9 Å². The molecule has 90 valence electrons. The Morgan fingerprint density at radius 3 is 2.65 bits per heavy atom. The molecule has 0 fully saturated rings. The summed E-state index contributed by atoms with van der Waals surface area (Å²) < 4.78 is 18.8. The van der Waals surface area contributed by atoms with Gasteiger partial charge in [0.15, 0.2) is 0 Å². The number of rotatable bonds is 2. The second-order valence-electron chi connectivity index (χ2n) is 4.15. The van der Waals surface area contributed by atoms with Crippen LogP contribution in [-0.4, -0.2) is 12.1 Å². The topological polar surface area (TPSA) is 48.1 Å². The van der Waals surface area contributed by atoms with Gasteiger partial charge in [0.25, 0.3) is 0 Å². The zero-order chi connectivity index (χ0) is 12.6. The summed E-state index contributed by atoms with van der Waals surface area (Å²) in [5, 5.41) is 0.658. The number of nitrogens with two attached hydrogens (primary N) is 1. The van der Waals surface area contributed by atoms with Crippen molar-refractivity contribution in [2.45, 2.75) is 19.9 Å². The van der Waals surface area contributed by atoms with Gasteiger partial charge in [0, 0.05) is 23.2 Å². The molecule has 0 aliphatic rings. The molecule has 0 spiro atoms. The van der Waals surface area contributed by atoms with Crippen molar-refractivity contribution in [3.63, 3.8) is 0 Å². The highest BCUT2D eigenvalue weighted by Crippen LogP contribution is 2.30. The van der Waals surface area contributed by atoms with Crippen LogP contribution in [-0.2, 0) is 0 Å². The third-order valence-electron chi connectivity index (χ3n) is 2.71. The van der Waals surface area contributed by atoms with E-state index in [4.69, 9.17) is 10.5 Å². The summed E-state index contributed by atoms with van der Waals surface area (Å²) in [6.07, 6.45) is 0. The van der Waals surface area contributed by atoms with Crippen molar-refractivity contribution in [1.29, 1.82) is 0 Å². The molecule has 0 aliphatic heterocycles. The Balaban J connectivity index is 2.88. The zero-order valence-electron chi connectivity index (χ0n) is 10.1. The van der Waals surface area contributed by atoms with E-state index in [9.17, 15) is 4.39 Å². The largest absolute Gasteiger partial charge is 0.496 e. The van der Waals surface area contributed by atoms with Gasteiger partial charge in [-0.15, -0.1) is 0 Å². The number of halogens is 1. The van der Waals surface area contributed by atoms with Crippen molar-refractivity contribution in [2.24, 2.45) is 5.73 Å². The third kappa shape index (κ3) is 2.08. The molecule has 1 heterocycles. The van der Waals surface area contributed by atoms with E-state index >= 15 is 0 Å². The number of benzene rings is 1. The van der Waals surface area contributed by atoms with Crippen LogP contribution in [0.3, 0.4) is 0 Å². The highest BCUT2D eigenvalue weighted by atomic mass is 19.1. The summed E-state index contributed by atoms with van der Waals surface area (Å²) >= 11 is 0. The highest BCUT2D eigenvalue weighted by Gasteiger charge is 2.13. The monoisotopic (exact) mass is 234 g/mol. The standard InChI is InChI=1S/C13H15FN2O/c1-7-4-12(17-3)11-6-9(14)5-10(8(2)15)13(11)16-7/h4-6,8H,15H2,1-3H3.